The zero-order chi connectivity index (χ0) is 13.4. The number of aromatic nitrogens is 2. The fourth-order valence-corrected chi connectivity index (χ4v) is 2.61. The molecule has 5 heteroatoms. The number of nitrogen functional groups attached to an aromatic ring is 1. The highest BCUT2D eigenvalue weighted by molar-refractivity contribution is 5.92. The quantitative estimate of drug-likeness (QED) is 0.806. The van der Waals surface area contributed by atoms with Gasteiger partial charge in [0.1, 0.15) is 0 Å². The third-order valence-corrected chi connectivity index (χ3v) is 3.54. The van der Waals surface area contributed by atoms with Gasteiger partial charge in [0.25, 0.3) is 0 Å². The zero-order valence-corrected chi connectivity index (χ0v) is 10.5. The number of hydrogen-bond donors (Lipinski definition) is 2. The number of carbonyl (C=O) groups is 1. The van der Waals surface area contributed by atoms with E-state index in [-0.39, 0.29) is 5.56 Å². The predicted molar refractivity (Wildman–Crippen MR) is 71.6 cm³/mol. The summed E-state index contributed by atoms with van der Waals surface area (Å²) in [5, 5.41) is 9.28. The third kappa shape index (κ3) is 1.97. The van der Waals surface area contributed by atoms with Crippen LogP contribution in [-0.4, -0.2) is 20.6 Å². The first-order valence-electron chi connectivity index (χ1n) is 6.35. The number of carboxylic acids is 1. The van der Waals surface area contributed by atoms with E-state index in [1.807, 2.05) is 4.57 Å². The third-order valence-electron chi connectivity index (χ3n) is 3.54. The van der Waals surface area contributed by atoms with Crippen LogP contribution in [0, 0.1) is 0 Å². The van der Waals surface area contributed by atoms with Crippen molar-refractivity contribution >= 4 is 11.7 Å². The highest BCUT2D eigenvalue weighted by Crippen LogP contribution is 2.26. The molecule has 0 radical (unpaired) electrons. The smallest absolute Gasteiger partial charge is 0.337 e. The number of rotatable bonds is 2. The van der Waals surface area contributed by atoms with Gasteiger partial charge in [0.2, 0.25) is 0 Å². The summed E-state index contributed by atoms with van der Waals surface area (Å²) >= 11 is 0. The monoisotopic (exact) mass is 257 g/mol. The van der Waals surface area contributed by atoms with E-state index >= 15 is 0 Å². The Morgan fingerprint density at radius 1 is 1.32 bits per heavy atom. The highest BCUT2D eigenvalue weighted by Gasteiger charge is 2.19. The van der Waals surface area contributed by atoms with E-state index in [1.54, 1.807) is 24.5 Å². The minimum Gasteiger partial charge on any atom is -0.478 e. The minimum absolute atomic E-state index is 0.250. The molecule has 0 saturated carbocycles. The molecule has 0 bridgehead atoms. The van der Waals surface area contributed by atoms with Crippen molar-refractivity contribution in [3.8, 4) is 5.69 Å². The van der Waals surface area contributed by atoms with Gasteiger partial charge in [0.15, 0.2) is 0 Å². The Bertz CT molecular complexity index is 646. The first kappa shape index (κ1) is 11.8. The van der Waals surface area contributed by atoms with Crippen LogP contribution in [0.1, 0.15) is 34.6 Å². The van der Waals surface area contributed by atoms with Crippen LogP contribution in [0.15, 0.2) is 24.5 Å². The van der Waals surface area contributed by atoms with Gasteiger partial charge in [0.05, 0.1) is 23.3 Å². The van der Waals surface area contributed by atoms with Gasteiger partial charge in [-0.05, 0) is 43.9 Å². The van der Waals surface area contributed by atoms with Gasteiger partial charge in [-0.3, -0.25) is 0 Å². The maximum atomic E-state index is 11.3. The molecule has 0 atom stereocenters. The molecule has 1 aromatic carbocycles. The largest absolute Gasteiger partial charge is 0.478 e. The Hall–Kier alpha value is -2.30. The number of nitrogens with zero attached hydrogens (tertiary/aromatic N) is 2. The molecule has 0 unspecified atom stereocenters. The lowest BCUT2D eigenvalue weighted by molar-refractivity contribution is 0.0697. The number of fused-ring (bicyclic) bond motifs is 1. The first-order valence-corrected chi connectivity index (χ1v) is 6.35. The summed E-state index contributed by atoms with van der Waals surface area (Å²) in [5.41, 5.74) is 9.37. The molecule has 3 rings (SSSR count). The summed E-state index contributed by atoms with van der Waals surface area (Å²) in [6.45, 7) is 0. The van der Waals surface area contributed by atoms with Crippen LogP contribution in [-0.2, 0) is 12.8 Å². The summed E-state index contributed by atoms with van der Waals surface area (Å²) in [5.74, 6) is -0.951. The van der Waals surface area contributed by atoms with Gasteiger partial charge in [0, 0.05) is 11.4 Å². The normalized spacial score (nSPS) is 14.1. The fraction of sp³-hybridized carbons (Fsp3) is 0.286. The summed E-state index contributed by atoms with van der Waals surface area (Å²) < 4.78 is 1.87. The molecular weight excluding hydrogens is 242 g/mol. The number of nitrogens with two attached hydrogens (primary N) is 1. The molecule has 0 fully saturated rings. The number of benzene rings is 1. The second kappa shape index (κ2) is 4.42. The van der Waals surface area contributed by atoms with Crippen molar-refractivity contribution in [2.45, 2.75) is 25.7 Å². The molecule has 5 nitrogen and oxygen atoms in total. The fourth-order valence-electron chi connectivity index (χ4n) is 2.61. The Labute approximate surface area is 110 Å². The predicted octanol–water partition coefficient (Wildman–Crippen LogP) is 2.03. The Kier molecular flexibility index (Phi) is 2.74. The lowest BCUT2D eigenvalue weighted by atomic mass is 10.0. The van der Waals surface area contributed by atoms with Crippen molar-refractivity contribution in [2.75, 3.05) is 5.73 Å². The lowest BCUT2D eigenvalue weighted by Gasteiger charge is -2.15. The van der Waals surface area contributed by atoms with E-state index < -0.39 is 5.97 Å². The van der Waals surface area contributed by atoms with Crippen LogP contribution in [0.2, 0.25) is 0 Å². The van der Waals surface area contributed by atoms with Crippen molar-refractivity contribution in [2.24, 2.45) is 0 Å². The summed E-state index contributed by atoms with van der Waals surface area (Å²) in [7, 11) is 0. The van der Waals surface area contributed by atoms with Crippen molar-refractivity contribution in [3.63, 3.8) is 0 Å². The second-order valence-corrected chi connectivity index (χ2v) is 4.80. The molecule has 0 aliphatic heterocycles. The summed E-state index contributed by atoms with van der Waals surface area (Å²) in [6, 6.07) is 4.85. The van der Waals surface area contributed by atoms with Gasteiger partial charge >= 0.3 is 5.97 Å². The molecule has 98 valence electrons. The lowest BCUT2D eigenvalue weighted by Crippen LogP contribution is -2.11. The van der Waals surface area contributed by atoms with E-state index in [1.165, 1.54) is 0 Å². The van der Waals surface area contributed by atoms with E-state index in [4.69, 9.17) is 5.73 Å². The number of aromatic carboxylic acids is 1. The molecule has 0 spiro atoms. The van der Waals surface area contributed by atoms with Crippen molar-refractivity contribution in [3.05, 3.63) is 41.5 Å². The Morgan fingerprint density at radius 2 is 2.11 bits per heavy atom. The average Bonchev–Trinajstić information content (AvgIpc) is 2.82. The Morgan fingerprint density at radius 3 is 2.89 bits per heavy atom. The molecule has 0 amide bonds. The van der Waals surface area contributed by atoms with Gasteiger partial charge in [-0.2, -0.15) is 0 Å². The van der Waals surface area contributed by atoms with Crippen molar-refractivity contribution < 1.29 is 9.90 Å². The Balaban J connectivity index is 2.19. The molecule has 2 aromatic rings. The number of imidazole rings is 1. The van der Waals surface area contributed by atoms with Crippen LogP contribution in [0.25, 0.3) is 5.69 Å². The van der Waals surface area contributed by atoms with E-state index in [0.717, 1.165) is 37.1 Å². The van der Waals surface area contributed by atoms with E-state index in [9.17, 15) is 9.90 Å². The zero-order valence-electron chi connectivity index (χ0n) is 10.5. The number of hydrogen-bond acceptors (Lipinski definition) is 3. The van der Waals surface area contributed by atoms with Gasteiger partial charge < -0.3 is 15.4 Å². The summed E-state index contributed by atoms with van der Waals surface area (Å²) in [4.78, 5) is 15.7. The number of carboxylic acid groups (broad SMARTS) is 1. The molecule has 1 aliphatic rings. The van der Waals surface area contributed by atoms with Gasteiger partial charge in [-0.1, -0.05) is 0 Å². The minimum atomic E-state index is -0.951. The van der Waals surface area contributed by atoms with Gasteiger partial charge in [-0.15, -0.1) is 0 Å². The van der Waals surface area contributed by atoms with Crippen LogP contribution in [0.3, 0.4) is 0 Å². The van der Waals surface area contributed by atoms with Crippen LogP contribution >= 0.6 is 0 Å². The molecule has 1 heterocycles. The van der Waals surface area contributed by atoms with Crippen LogP contribution < -0.4 is 5.73 Å². The van der Waals surface area contributed by atoms with Crippen LogP contribution in [0.4, 0.5) is 5.69 Å². The number of aryl methyl sites for hydroxylation is 1. The van der Waals surface area contributed by atoms with E-state index in [2.05, 4.69) is 4.98 Å². The molecule has 3 N–H and O–H groups in total. The summed E-state index contributed by atoms with van der Waals surface area (Å²) in [6.07, 6.45) is 5.86. The molecule has 0 saturated heterocycles. The maximum absolute atomic E-state index is 11.3. The van der Waals surface area contributed by atoms with Crippen molar-refractivity contribution in [1.29, 1.82) is 0 Å². The van der Waals surface area contributed by atoms with Crippen molar-refractivity contribution in [1.82, 2.24) is 9.55 Å². The van der Waals surface area contributed by atoms with Crippen LogP contribution in [0.5, 0.6) is 0 Å². The molecular formula is C14H15N3O2. The topological polar surface area (TPSA) is 81.1 Å². The maximum Gasteiger partial charge on any atom is 0.337 e. The molecule has 1 aromatic heterocycles. The van der Waals surface area contributed by atoms with E-state index in [0.29, 0.717) is 11.4 Å². The van der Waals surface area contributed by atoms with Gasteiger partial charge in [-0.25, -0.2) is 9.78 Å². The molecule has 19 heavy (non-hydrogen) atoms. The average molecular weight is 257 g/mol. The molecule has 1 aliphatic carbocycles. The SMILES string of the molecule is Nc1ccc(C(=O)O)c(-n2cnc3c2CCCC3)c1. The first-order chi connectivity index (χ1) is 9.16. The standard InChI is InChI=1S/C14H15N3O2/c15-9-5-6-10(14(18)19)13(7-9)17-8-16-11-3-1-2-4-12(11)17/h5-8H,1-4,15H2,(H,18,19). The second-order valence-electron chi connectivity index (χ2n) is 4.80. The number of anilines is 1. The highest BCUT2D eigenvalue weighted by atomic mass is 16.4.